The zero-order valence-electron chi connectivity index (χ0n) is 13.4. The maximum Gasteiger partial charge on any atom is 0.351 e. The van der Waals surface area contributed by atoms with Crippen LogP contribution in [0.1, 0.15) is 25.5 Å². The van der Waals surface area contributed by atoms with Gasteiger partial charge in [0.1, 0.15) is 18.9 Å². The molecule has 2 heterocycles. The van der Waals surface area contributed by atoms with E-state index in [0.29, 0.717) is 19.3 Å². The topological polar surface area (TPSA) is 129 Å². The average molecular weight is 358 g/mol. The highest BCUT2D eigenvalue weighted by Crippen LogP contribution is 2.27. The molecule has 1 unspecified atom stereocenters. The van der Waals surface area contributed by atoms with Gasteiger partial charge in [-0.05, 0) is 37.3 Å². The number of esters is 1. The highest BCUT2D eigenvalue weighted by Gasteiger charge is 2.29. The molecule has 10 heteroatoms. The zero-order chi connectivity index (χ0) is 17.5. The molecule has 0 spiro atoms. The first kappa shape index (κ1) is 18.7. The summed E-state index contributed by atoms with van der Waals surface area (Å²) in [7, 11) is 0. The maximum absolute atomic E-state index is 11.9. The van der Waals surface area contributed by atoms with Crippen LogP contribution in [0.3, 0.4) is 0 Å². The summed E-state index contributed by atoms with van der Waals surface area (Å²) in [5.74, 6) is 0.430. The largest absolute Gasteiger partial charge is 0.462 e. The van der Waals surface area contributed by atoms with Crippen LogP contribution in [-0.4, -0.2) is 51.5 Å². The fourth-order valence-corrected chi connectivity index (χ4v) is 2.84. The van der Waals surface area contributed by atoms with E-state index in [1.807, 2.05) is 11.7 Å². The van der Waals surface area contributed by atoms with Gasteiger partial charge in [0.05, 0.1) is 6.10 Å². The van der Waals surface area contributed by atoms with Gasteiger partial charge in [0.2, 0.25) is 0 Å². The monoisotopic (exact) mass is 358 g/mol. The minimum Gasteiger partial charge on any atom is -0.462 e. The SMILES string of the molecule is CSCCC(N)C(=O)OC[C@@H]1CC[C@H](n2ccc(NO)nc2=O)O1. The number of rotatable bonds is 8. The van der Waals surface area contributed by atoms with Gasteiger partial charge in [-0.25, -0.2) is 4.79 Å². The van der Waals surface area contributed by atoms with Gasteiger partial charge in [0, 0.05) is 6.20 Å². The predicted octanol–water partition coefficient (Wildman–Crippen LogP) is 0.346. The van der Waals surface area contributed by atoms with Gasteiger partial charge in [-0.2, -0.15) is 16.7 Å². The minimum atomic E-state index is -0.625. The third-order valence-corrected chi connectivity index (χ3v) is 4.33. The molecule has 0 amide bonds. The molecular formula is C14H22N4O5S. The van der Waals surface area contributed by atoms with Crippen molar-refractivity contribution in [3.8, 4) is 0 Å². The van der Waals surface area contributed by atoms with Gasteiger partial charge in [-0.15, -0.1) is 0 Å². The molecule has 0 bridgehead atoms. The summed E-state index contributed by atoms with van der Waals surface area (Å²) in [6.45, 7) is 0.112. The Bertz CT molecular complexity index is 611. The van der Waals surface area contributed by atoms with E-state index in [2.05, 4.69) is 4.98 Å². The van der Waals surface area contributed by atoms with Crippen LogP contribution in [0.2, 0.25) is 0 Å². The summed E-state index contributed by atoms with van der Waals surface area (Å²) in [6, 6.07) is 0.836. The Labute approximate surface area is 143 Å². The molecular weight excluding hydrogens is 336 g/mol. The van der Waals surface area contributed by atoms with Crippen molar-refractivity contribution in [2.24, 2.45) is 5.73 Å². The van der Waals surface area contributed by atoms with Crippen molar-refractivity contribution in [2.75, 3.05) is 24.1 Å². The molecule has 1 saturated heterocycles. The summed E-state index contributed by atoms with van der Waals surface area (Å²) >= 11 is 1.62. The van der Waals surface area contributed by atoms with Crippen molar-refractivity contribution in [2.45, 2.75) is 37.6 Å². The van der Waals surface area contributed by atoms with E-state index in [9.17, 15) is 9.59 Å². The fourth-order valence-electron chi connectivity index (χ4n) is 2.35. The lowest BCUT2D eigenvalue weighted by molar-refractivity contribution is -0.150. The number of ether oxygens (including phenoxy) is 2. The van der Waals surface area contributed by atoms with Crippen molar-refractivity contribution >= 4 is 23.5 Å². The van der Waals surface area contributed by atoms with Crippen molar-refractivity contribution in [1.29, 1.82) is 0 Å². The standard InChI is InChI=1S/C14H22N4O5S/c1-24-7-5-10(15)13(19)22-8-9-2-3-12(23-9)18-6-4-11(17-21)16-14(18)20/h4,6,9-10,12,21H,2-3,5,7-8,15H2,1H3,(H,16,17,20)/t9-,10?,12+/m0/s1. The number of nitrogens with one attached hydrogen (secondary N) is 1. The Morgan fingerprint density at radius 1 is 1.67 bits per heavy atom. The van der Waals surface area contributed by atoms with Crippen LogP contribution < -0.4 is 16.9 Å². The molecule has 4 N–H and O–H groups in total. The normalized spacial score (nSPS) is 21.5. The van der Waals surface area contributed by atoms with Crippen molar-refractivity contribution in [3.05, 3.63) is 22.7 Å². The number of carbonyl (C=O) groups excluding carboxylic acids is 1. The van der Waals surface area contributed by atoms with E-state index in [0.717, 1.165) is 5.75 Å². The van der Waals surface area contributed by atoms with Crippen LogP contribution in [0, 0.1) is 0 Å². The van der Waals surface area contributed by atoms with Gasteiger partial charge >= 0.3 is 11.7 Å². The molecule has 0 aromatic carbocycles. The first-order valence-corrected chi connectivity index (χ1v) is 9.00. The van der Waals surface area contributed by atoms with E-state index >= 15 is 0 Å². The Morgan fingerprint density at radius 2 is 2.46 bits per heavy atom. The predicted molar refractivity (Wildman–Crippen MR) is 89.0 cm³/mol. The van der Waals surface area contributed by atoms with Crippen LogP contribution >= 0.6 is 11.8 Å². The first-order chi connectivity index (χ1) is 11.5. The molecule has 1 fully saturated rings. The van der Waals surface area contributed by atoms with Gasteiger partial charge in [-0.1, -0.05) is 0 Å². The number of nitrogens with two attached hydrogens (primary N) is 1. The molecule has 1 aliphatic rings. The third kappa shape index (κ3) is 4.94. The number of carbonyl (C=O) groups is 1. The van der Waals surface area contributed by atoms with E-state index in [1.165, 1.54) is 16.8 Å². The summed E-state index contributed by atoms with van der Waals surface area (Å²) in [6.07, 6.45) is 4.52. The number of nitrogens with zero attached hydrogens (tertiary/aromatic N) is 2. The molecule has 134 valence electrons. The summed E-state index contributed by atoms with van der Waals surface area (Å²) in [4.78, 5) is 27.3. The summed E-state index contributed by atoms with van der Waals surface area (Å²) < 4.78 is 12.3. The van der Waals surface area contributed by atoms with Crippen LogP contribution in [0.15, 0.2) is 17.1 Å². The Morgan fingerprint density at radius 3 is 3.12 bits per heavy atom. The zero-order valence-corrected chi connectivity index (χ0v) is 14.2. The van der Waals surface area contributed by atoms with Crippen molar-refractivity contribution in [3.63, 3.8) is 0 Å². The number of aromatic nitrogens is 2. The summed E-state index contributed by atoms with van der Waals surface area (Å²) in [5, 5.41) is 8.73. The first-order valence-electron chi connectivity index (χ1n) is 7.61. The van der Waals surface area contributed by atoms with E-state index < -0.39 is 23.9 Å². The molecule has 24 heavy (non-hydrogen) atoms. The molecule has 0 radical (unpaired) electrons. The average Bonchev–Trinajstić information content (AvgIpc) is 3.05. The van der Waals surface area contributed by atoms with Gasteiger partial charge in [0.25, 0.3) is 0 Å². The Balaban J connectivity index is 1.83. The van der Waals surface area contributed by atoms with Gasteiger partial charge in [-0.3, -0.25) is 20.0 Å². The second-order valence-electron chi connectivity index (χ2n) is 5.42. The Kier molecular flexibility index (Phi) is 7.03. The second kappa shape index (κ2) is 9.02. The maximum atomic E-state index is 11.9. The lowest BCUT2D eigenvalue weighted by Crippen LogP contribution is -2.34. The van der Waals surface area contributed by atoms with E-state index in [-0.39, 0.29) is 18.5 Å². The molecule has 1 aliphatic heterocycles. The number of anilines is 1. The highest BCUT2D eigenvalue weighted by molar-refractivity contribution is 7.98. The molecule has 1 aromatic rings. The second-order valence-corrected chi connectivity index (χ2v) is 6.41. The molecule has 9 nitrogen and oxygen atoms in total. The van der Waals surface area contributed by atoms with Crippen LogP contribution in [0.5, 0.6) is 0 Å². The van der Waals surface area contributed by atoms with Crippen LogP contribution in [-0.2, 0) is 14.3 Å². The fraction of sp³-hybridized carbons (Fsp3) is 0.643. The minimum absolute atomic E-state index is 0.0685. The van der Waals surface area contributed by atoms with Crippen LogP contribution in [0.4, 0.5) is 5.82 Å². The number of hydrogen-bond acceptors (Lipinski definition) is 9. The van der Waals surface area contributed by atoms with Gasteiger partial charge < -0.3 is 15.2 Å². The molecule has 0 saturated carbocycles. The number of hydrogen-bond donors (Lipinski definition) is 3. The Hall–Kier alpha value is -1.62. The van der Waals surface area contributed by atoms with Crippen molar-refractivity contribution < 1.29 is 19.5 Å². The highest BCUT2D eigenvalue weighted by atomic mass is 32.2. The van der Waals surface area contributed by atoms with Crippen LogP contribution in [0.25, 0.3) is 0 Å². The lowest BCUT2D eigenvalue weighted by atomic mass is 10.2. The molecule has 3 atom stereocenters. The quantitative estimate of drug-likeness (QED) is 0.445. The van der Waals surface area contributed by atoms with Gasteiger partial charge in [0.15, 0.2) is 5.82 Å². The third-order valence-electron chi connectivity index (χ3n) is 3.69. The smallest absolute Gasteiger partial charge is 0.351 e. The molecule has 1 aromatic heterocycles. The molecule has 2 rings (SSSR count). The number of thioether (sulfide) groups is 1. The lowest BCUT2D eigenvalue weighted by Gasteiger charge is -2.17. The van der Waals surface area contributed by atoms with E-state index in [1.54, 1.807) is 11.8 Å². The van der Waals surface area contributed by atoms with Crippen molar-refractivity contribution in [1.82, 2.24) is 9.55 Å². The molecule has 0 aliphatic carbocycles. The van der Waals surface area contributed by atoms with E-state index in [4.69, 9.17) is 20.4 Å². The summed E-state index contributed by atoms with van der Waals surface area (Å²) in [5.41, 5.74) is 7.03.